The Labute approximate surface area is 150 Å². The maximum atomic E-state index is 12.7. The van der Waals surface area contributed by atoms with Crippen LogP contribution in [0.3, 0.4) is 0 Å². The molecular weight excluding hydrogens is 332 g/mol. The molecule has 3 aromatic rings. The first kappa shape index (κ1) is 16.5. The fourth-order valence-electron chi connectivity index (χ4n) is 2.88. The Morgan fingerprint density at radius 1 is 1.42 bits per heavy atom. The van der Waals surface area contributed by atoms with Gasteiger partial charge in [-0.05, 0) is 19.4 Å². The van der Waals surface area contributed by atoms with Gasteiger partial charge in [0.05, 0.1) is 17.8 Å². The molecule has 136 valence electrons. The number of nitrogens with two attached hydrogens (primary N) is 1. The standard InChI is InChI=1S/C17H22N8O/c1-3-10(2)21-16(26)14-4-11(8-25-15(14)22-17(18)23-25)12-5-20-24(9-12)13-6-19-7-13/h4-5,8-10,13,19H,3,6-7H2,1-2H3,(H2,18,23)(H,21,26)/t10-/m0/s1. The third-order valence-corrected chi connectivity index (χ3v) is 4.75. The number of amides is 1. The molecular formula is C17H22N8O. The number of carbonyl (C=O) groups excluding carboxylic acids is 1. The third kappa shape index (κ3) is 2.90. The molecule has 0 unspecified atom stereocenters. The highest BCUT2D eigenvalue weighted by Crippen LogP contribution is 2.24. The molecule has 4 heterocycles. The zero-order chi connectivity index (χ0) is 18.3. The maximum Gasteiger partial charge on any atom is 0.255 e. The Balaban J connectivity index is 1.75. The van der Waals surface area contributed by atoms with E-state index in [9.17, 15) is 4.79 Å². The van der Waals surface area contributed by atoms with E-state index in [4.69, 9.17) is 5.73 Å². The van der Waals surface area contributed by atoms with Gasteiger partial charge in [0, 0.05) is 42.7 Å². The first-order valence-corrected chi connectivity index (χ1v) is 8.77. The number of nitrogens with zero attached hydrogens (tertiary/aromatic N) is 5. The van der Waals surface area contributed by atoms with E-state index in [1.54, 1.807) is 10.7 Å². The SMILES string of the molecule is CC[C@H](C)NC(=O)c1cc(-c2cnn(C3CNC3)c2)cn2nc(N)nc12. The Bertz CT molecular complexity index is 955. The third-order valence-electron chi connectivity index (χ3n) is 4.75. The minimum absolute atomic E-state index is 0.0698. The molecule has 4 rings (SSSR count). The predicted molar refractivity (Wildman–Crippen MR) is 97.7 cm³/mol. The lowest BCUT2D eigenvalue weighted by Crippen LogP contribution is -2.43. The highest BCUT2D eigenvalue weighted by atomic mass is 16.1. The number of anilines is 1. The molecule has 0 aromatic carbocycles. The first-order chi connectivity index (χ1) is 12.5. The van der Waals surface area contributed by atoms with E-state index in [1.807, 2.05) is 37.0 Å². The fraction of sp³-hybridized carbons (Fsp3) is 0.412. The summed E-state index contributed by atoms with van der Waals surface area (Å²) in [6.45, 7) is 5.83. The van der Waals surface area contributed by atoms with E-state index in [2.05, 4.69) is 25.8 Å². The normalized spacial score (nSPS) is 15.8. The average molecular weight is 354 g/mol. The largest absolute Gasteiger partial charge is 0.366 e. The Morgan fingerprint density at radius 2 is 2.23 bits per heavy atom. The summed E-state index contributed by atoms with van der Waals surface area (Å²) >= 11 is 0. The zero-order valence-corrected chi connectivity index (χ0v) is 14.8. The van der Waals surface area contributed by atoms with Crippen LogP contribution in [0, 0.1) is 0 Å². The van der Waals surface area contributed by atoms with Crippen molar-refractivity contribution in [3.05, 3.63) is 30.2 Å². The van der Waals surface area contributed by atoms with Crippen LogP contribution < -0.4 is 16.4 Å². The van der Waals surface area contributed by atoms with Gasteiger partial charge >= 0.3 is 0 Å². The van der Waals surface area contributed by atoms with Gasteiger partial charge in [0.15, 0.2) is 5.65 Å². The summed E-state index contributed by atoms with van der Waals surface area (Å²) in [5.41, 5.74) is 8.41. The van der Waals surface area contributed by atoms with Gasteiger partial charge in [-0.25, -0.2) is 4.52 Å². The van der Waals surface area contributed by atoms with Gasteiger partial charge in [0.1, 0.15) is 0 Å². The van der Waals surface area contributed by atoms with Crippen LogP contribution in [-0.4, -0.2) is 49.4 Å². The highest BCUT2D eigenvalue weighted by molar-refractivity contribution is 6.01. The predicted octanol–water partition coefficient (Wildman–Crippen LogP) is 0.848. The van der Waals surface area contributed by atoms with E-state index in [0.717, 1.165) is 30.6 Å². The Morgan fingerprint density at radius 3 is 2.92 bits per heavy atom. The number of carbonyl (C=O) groups is 1. The van der Waals surface area contributed by atoms with Crippen molar-refractivity contribution in [2.24, 2.45) is 0 Å². The lowest BCUT2D eigenvalue weighted by atomic mass is 10.1. The van der Waals surface area contributed by atoms with Crippen molar-refractivity contribution in [3.63, 3.8) is 0 Å². The van der Waals surface area contributed by atoms with Gasteiger partial charge in [-0.3, -0.25) is 9.48 Å². The summed E-state index contributed by atoms with van der Waals surface area (Å²) in [5, 5.41) is 14.8. The molecule has 0 bridgehead atoms. The van der Waals surface area contributed by atoms with E-state index >= 15 is 0 Å². The molecule has 0 spiro atoms. The van der Waals surface area contributed by atoms with E-state index in [0.29, 0.717) is 17.3 Å². The smallest absolute Gasteiger partial charge is 0.255 e. The van der Waals surface area contributed by atoms with E-state index in [-0.39, 0.29) is 17.9 Å². The molecule has 3 aromatic heterocycles. The monoisotopic (exact) mass is 354 g/mol. The summed E-state index contributed by atoms with van der Waals surface area (Å²) in [6.07, 6.45) is 6.46. The minimum atomic E-state index is -0.186. The molecule has 4 N–H and O–H groups in total. The van der Waals surface area contributed by atoms with Crippen molar-refractivity contribution in [1.29, 1.82) is 0 Å². The van der Waals surface area contributed by atoms with Crippen LogP contribution in [0.15, 0.2) is 24.7 Å². The van der Waals surface area contributed by atoms with Gasteiger partial charge in [-0.1, -0.05) is 6.92 Å². The lowest BCUT2D eigenvalue weighted by molar-refractivity contribution is 0.0940. The van der Waals surface area contributed by atoms with Crippen molar-refractivity contribution < 1.29 is 4.79 Å². The second-order valence-corrected chi connectivity index (χ2v) is 6.68. The number of nitrogens with one attached hydrogen (secondary N) is 2. The summed E-state index contributed by atoms with van der Waals surface area (Å²) < 4.78 is 3.50. The highest BCUT2D eigenvalue weighted by Gasteiger charge is 2.21. The summed E-state index contributed by atoms with van der Waals surface area (Å²) in [5.74, 6) is -0.0508. The zero-order valence-electron chi connectivity index (χ0n) is 14.8. The van der Waals surface area contributed by atoms with E-state index < -0.39 is 0 Å². The number of rotatable bonds is 5. The molecule has 1 aliphatic rings. The average Bonchev–Trinajstić information content (AvgIpc) is 3.17. The van der Waals surface area contributed by atoms with Gasteiger partial charge in [-0.15, -0.1) is 5.10 Å². The number of hydrogen-bond donors (Lipinski definition) is 3. The summed E-state index contributed by atoms with van der Waals surface area (Å²) in [6, 6.07) is 2.27. The second kappa shape index (κ2) is 6.41. The fourth-order valence-corrected chi connectivity index (χ4v) is 2.88. The molecule has 1 atom stereocenters. The lowest BCUT2D eigenvalue weighted by Gasteiger charge is -2.27. The molecule has 1 aliphatic heterocycles. The van der Waals surface area contributed by atoms with Crippen LogP contribution >= 0.6 is 0 Å². The van der Waals surface area contributed by atoms with Crippen molar-refractivity contribution in [3.8, 4) is 11.1 Å². The van der Waals surface area contributed by atoms with Crippen molar-refractivity contribution in [2.75, 3.05) is 18.8 Å². The quantitative estimate of drug-likeness (QED) is 0.626. The van der Waals surface area contributed by atoms with Gasteiger partial charge in [0.25, 0.3) is 5.91 Å². The van der Waals surface area contributed by atoms with Crippen LogP contribution in [0.5, 0.6) is 0 Å². The van der Waals surface area contributed by atoms with Gasteiger partial charge in [-0.2, -0.15) is 10.1 Å². The van der Waals surface area contributed by atoms with Gasteiger partial charge in [0.2, 0.25) is 5.95 Å². The second-order valence-electron chi connectivity index (χ2n) is 6.68. The number of hydrogen-bond acceptors (Lipinski definition) is 6. The van der Waals surface area contributed by atoms with Crippen LogP contribution in [-0.2, 0) is 0 Å². The number of nitrogen functional groups attached to an aromatic ring is 1. The molecule has 26 heavy (non-hydrogen) atoms. The molecule has 0 aliphatic carbocycles. The molecule has 1 fully saturated rings. The van der Waals surface area contributed by atoms with Crippen LogP contribution in [0.4, 0.5) is 5.95 Å². The maximum absolute atomic E-state index is 12.7. The summed E-state index contributed by atoms with van der Waals surface area (Å²) in [7, 11) is 0. The summed E-state index contributed by atoms with van der Waals surface area (Å²) in [4.78, 5) is 16.9. The number of fused-ring (bicyclic) bond motifs is 1. The van der Waals surface area contributed by atoms with Gasteiger partial charge < -0.3 is 16.4 Å². The molecule has 0 saturated carbocycles. The van der Waals surface area contributed by atoms with Crippen molar-refractivity contribution >= 4 is 17.5 Å². The Hall–Kier alpha value is -2.94. The minimum Gasteiger partial charge on any atom is -0.366 e. The molecule has 9 nitrogen and oxygen atoms in total. The Kier molecular flexibility index (Phi) is 4.08. The van der Waals surface area contributed by atoms with Crippen molar-refractivity contribution in [1.82, 2.24) is 35.0 Å². The van der Waals surface area contributed by atoms with Crippen LogP contribution in [0.1, 0.15) is 36.7 Å². The molecule has 9 heteroatoms. The molecule has 1 saturated heterocycles. The number of pyridine rings is 1. The van der Waals surface area contributed by atoms with E-state index in [1.165, 1.54) is 0 Å². The topological polar surface area (TPSA) is 115 Å². The number of aromatic nitrogens is 5. The van der Waals surface area contributed by atoms with Crippen LogP contribution in [0.2, 0.25) is 0 Å². The van der Waals surface area contributed by atoms with Crippen molar-refractivity contribution in [2.45, 2.75) is 32.4 Å². The first-order valence-electron chi connectivity index (χ1n) is 8.77. The van der Waals surface area contributed by atoms with Crippen LogP contribution in [0.25, 0.3) is 16.8 Å². The molecule has 0 radical (unpaired) electrons. The molecule has 1 amide bonds.